The number of para-hydroxylation sites is 2. The summed E-state index contributed by atoms with van der Waals surface area (Å²) in [6.45, 7) is -1.33. The van der Waals surface area contributed by atoms with E-state index in [1.807, 2.05) is 59.5 Å². The zero-order valence-electron chi connectivity index (χ0n) is 47.9. The Balaban J connectivity index is 1.47. The summed E-state index contributed by atoms with van der Waals surface area (Å²) in [5, 5.41) is 111. The second-order valence-electron chi connectivity index (χ2n) is 19.1. The number of aliphatic hydroxyl groups is 11. The average Bonchev–Trinajstić information content (AvgIpc) is 3.72. The van der Waals surface area contributed by atoms with Gasteiger partial charge in [0.25, 0.3) is 0 Å². The van der Waals surface area contributed by atoms with Gasteiger partial charge in [-0.3, -0.25) is 0 Å². The maximum Gasteiger partial charge on any atom is 0.232 e. The first-order chi connectivity index (χ1) is 41.6. The van der Waals surface area contributed by atoms with Gasteiger partial charge in [0.05, 0.1) is 66.1 Å². The van der Waals surface area contributed by atoms with Gasteiger partial charge in [0, 0.05) is 102 Å². The monoisotopic (exact) mass is 1190 g/mol. The van der Waals surface area contributed by atoms with Crippen LogP contribution in [0.2, 0.25) is 0 Å². The predicted molar refractivity (Wildman–Crippen MR) is 317 cm³/mol. The number of aliphatic hydroxyl groups excluding tert-OH is 11. The first-order valence-corrected chi connectivity index (χ1v) is 28.3. The quantitative estimate of drug-likeness (QED) is 0.0234. The molecule has 2 heterocycles. The van der Waals surface area contributed by atoms with Crippen LogP contribution in [0.5, 0.6) is 23.0 Å². The molecular weight excluding hydrogens is 1100 g/mol. The van der Waals surface area contributed by atoms with Crippen molar-refractivity contribution in [3.63, 3.8) is 0 Å². The lowest BCUT2D eigenvalue weighted by Crippen LogP contribution is -2.35. The molecule has 27 heteroatoms. The lowest BCUT2D eigenvalue weighted by molar-refractivity contribution is 0.200. The van der Waals surface area contributed by atoms with Crippen molar-refractivity contribution in [1.82, 2.24) is 29.9 Å². The van der Waals surface area contributed by atoms with E-state index in [1.165, 1.54) is 0 Å². The summed E-state index contributed by atoms with van der Waals surface area (Å²) in [4.78, 5) is 40.0. The molecule has 6 aromatic rings. The van der Waals surface area contributed by atoms with E-state index in [-0.39, 0.29) is 213 Å². The number of rotatable bonds is 43. The highest BCUT2D eigenvalue weighted by atomic mass is 16.5. The molecule has 0 unspecified atom stereocenters. The van der Waals surface area contributed by atoms with Crippen molar-refractivity contribution in [2.45, 2.75) is 39.1 Å². The molecule has 0 amide bonds. The number of aromatic nitrogens is 6. The molecule has 0 saturated carbocycles. The highest BCUT2D eigenvalue weighted by molar-refractivity contribution is 5.52. The molecule has 0 bridgehead atoms. The van der Waals surface area contributed by atoms with Gasteiger partial charge in [0.1, 0.15) is 49.4 Å². The van der Waals surface area contributed by atoms with Gasteiger partial charge >= 0.3 is 0 Å². The SMILES string of the molecule is OCCCN(CCO)c1nc(N(CCO)CCO)nc(N(Cc2ccc(OCCO)cc2)Cc2ccc(CN(CCO)c3nc(N(CCO)Cc4ccccc4OCCO)nc(N(CCO)Cc4ccccc4OCCO)n3)c(OCCO)c2)n1. The summed E-state index contributed by atoms with van der Waals surface area (Å²) in [6.07, 6.45) is 0.343. The summed E-state index contributed by atoms with van der Waals surface area (Å²) in [6, 6.07) is 27.3. The van der Waals surface area contributed by atoms with Crippen LogP contribution in [0.3, 0.4) is 0 Å². The van der Waals surface area contributed by atoms with Crippen LogP contribution in [-0.2, 0) is 32.7 Å². The van der Waals surface area contributed by atoms with Crippen molar-refractivity contribution >= 4 is 35.7 Å². The van der Waals surface area contributed by atoms with Crippen LogP contribution in [0.4, 0.5) is 35.7 Å². The maximum atomic E-state index is 10.7. The highest BCUT2D eigenvalue weighted by Crippen LogP contribution is 2.31. The predicted octanol–water partition coefficient (Wildman–Crippen LogP) is -0.283. The first-order valence-electron chi connectivity index (χ1n) is 28.3. The molecule has 27 nitrogen and oxygen atoms in total. The van der Waals surface area contributed by atoms with E-state index >= 15 is 0 Å². The average molecular weight is 1190 g/mol. The van der Waals surface area contributed by atoms with Crippen molar-refractivity contribution in [3.8, 4) is 23.0 Å². The first kappa shape index (κ1) is 66.6. The van der Waals surface area contributed by atoms with Crippen LogP contribution in [0.1, 0.15) is 34.2 Å². The van der Waals surface area contributed by atoms with Crippen molar-refractivity contribution < 1.29 is 75.1 Å². The number of benzene rings is 4. The molecule has 6 rings (SSSR count). The van der Waals surface area contributed by atoms with Gasteiger partial charge in [-0.1, -0.05) is 60.7 Å². The summed E-state index contributed by atoms with van der Waals surface area (Å²) >= 11 is 0. The summed E-state index contributed by atoms with van der Waals surface area (Å²) in [5.41, 5.74) is 3.52. The minimum absolute atomic E-state index is 0.00338. The highest BCUT2D eigenvalue weighted by Gasteiger charge is 2.26. The minimum Gasteiger partial charge on any atom is -0.491 e. The zero-order valence-corrected chi connectivity index (χ0v) is 47.9. The lowest BCUT2D eigenvalue weighted by atomic mass is 10.1. The van der Waals surface area contributed by atoms with Gasteiger partial charge in [0.2, 0.25) is 35.7 Å². The smallest absolute Gasteiger partial charge is 0.232 e. The third-order valence-corrected chi connectivity index (χ3v) is 12.9. The summed E-state index contributed by atoms with van der Waals surface area (Å²) in [5.74, 6) is 2.82. The van der Waals surface area contributed by atoms with E-state index in [4.69, 9.17) is 48.9 Å². The largest absolute Gasteiger partial charge is 0.491 e. The van der Waals surface area contributed by atoms with Crippen LogP contribution in [0, 0.1) is 0 Å². The summed E-state index contributed by atoms with van der Waals surface area (Å²) < 4.78 is 23.7. The Bertz CT molecular complexity index is 2760. The molecule has 0 saturated heterocycles. The molecule has 0 radical (unpaired) electrons. The van der Waals surface area contributed by atoms with Gasteiger partial charge in [-0.05, 0) is 47.9 Å². The van der Waals surface area contributed by atoms with E-state index < -0.39 is 0 Å². The van der Waals surface area contributed by atoms with E-state index in [0.717, 1.165) is 5.56 Å². The molecule has 0 spiro atoms. The van der Waals surface area contributed by atoms with Crippen molar-refractivity contribution in [3.05, 3.63) is 119 Å². The third-order valence-electron chi connectivity index (χ3n) is 12.9. The molecule has 0 fully saturated rings. The topological polar surface area (TPSA) is 356 Å². The fourth-order valence-corrected chi connectivity index (χ4v) is 8.98. The second kappa shape index (κ2) is 37.0. The van der Waals surface area contributed by atoms with E-state index in [1.54, 1.807) is 60.9 Å². The number of nitrogens with zero attached hydrogens (tertiary/aromatic N) is 12. The van der Waals surface area contributed by atoms with Crippen LogP contribution < -0.4 is 48.3 Å². The standard InChI is InChI=1S/C58H82N12O15/c71-23-5-16-65(17-24-72)53-59-54(66(18-25-73)19-26-74)61-58(60-53)70(39-44-11-14-49(15-12-44)82-34-30-78)40-45-10-13-48(52(38-45)85-37-33-81)43-69(22-29-77)57-63-55(67(20-27-75)41-46-6-1-3-8-50(46)83-35-31-79)62-56(64-57)68(21-28-76)42-47-7-2-4-9-51(47)84-36-32-80/h1-4,6-15,38,71-81H,5,16-37,39-43H2. The molecule has 2 aromatic heterocycles. The lowest BCUT2D eigenvalue weighted by Gasteiger charge is -2.30. The van der Waals surface area contributed by atoms with E-state index in [0.29, 0.717) is 51.7 Å². The molecule has 0 aliphatic rings. The van der Waals surface area contributed by atoms with Crippen LogP contribution in [0.25, 0.3) is 0 Å². The normalized spacial score (nSPS) is 11.1. The van der Waals surface area contributed by atoms with Crippen molar-refractivity contribution in [1.29, 1.82) is 0 Å². The van der Waals surface area contributed by atoms with Crippen LogP contribution in [0.15, 0.2) is 91.0 Å². The van der Waals surface area contributed by atoms with Gasteiger partial charge in [0.15, 0.2) is 0 Å². The Hall–Kier alpha value is -7.54. The Morgan fingerprint density at radius 2 is 0.624 bits per heavy atom. The Morgan fingerprint density at radius 1 is 0.282 bits per heavy atom. The second-order valence-corrected chi connectivity index (χ2v) is 19.1. The molecule has 85 heavy (non-hydrogen) atoms. The number of ether oxygens (including phenoxy) is 4. The van der Waals surface area contributed by atoms with Crippen LogP contribution >= 0.6 is 0 Å². The van der Waals surface area contributed by atoms with E-state index in [9.17, 15) is 56.2 Å². The fraction of sp³-hybridized carbons (Fsp3) is 0.483. The minimum atomic E-state index is -0.351. The molecule has 464 valence electrons. The fourth-order valence-electron chi connectivity index (χ4n) is 8.98. The van der Waals surface area contributed by atoms with Crippen LogP contribution in [-0.4, -0.2) is 231 Å². The zero-order chi connectivity index (χ0) is 60.6. The molecule has 0 aliphatic carbocycles. The Kier molecular flexibility index (Phi) is 29.0. The molecular formula is C58H82N12O15. The Labute approximate surface area is 494 Å². The van der Waals surface area contributed by atoms with Gasteiger partial charge in [-0.2, -0.15) is 29.9 Å². The third kappa shape index (κ3) is 20.6. The molecule has 11 N–H and O–H groups in total. The molecule has 4 aromatic carbocycles. The van der Waals surface area contributed by atoms with Crippen molar-refractivity contribution in [2.75, 3.05) is 174 Å². The number of hydrogen-bond donors (Lipinski definition) is 11. The number of anilines is 6. The van der Waals surface area contributed by atoms with Gasteiger partial charge in [-0.15, -0.1) is 0 Å². The Morgan fingerprint density at radius 3 is 1.05 bits per heavy atom. The van der Waals surface area contributed by atoms with E-state index in [2.05, 4.69) is 0 Å². The molecule has 0 atom stereocenters. The maximum absolute atomic E-state index is 10.7. The molecule has 0 aliphatic heterocycles. The van der Waals surface area contributed by atoms with Gasteiger partial charge < -0.3 is 105 Å². The number of hydrogen-bond acceptors (Lipinski definition) is 27. The summed E-state index contributed by atoms with van der Waals surface area (Å²) in [7, 11) is 0. The van der Waals surface area contributed by atoms with Gasteiger partial charge in [-0.25, -0.2) is 0 Å². The van der Waals surface area contributed by atoms with Crippen molar-refractivity contribution in [2.24, 2.45) is 0 Å².